The van der Waals surface area contributed by atoms with Crippen molar-refractivity contribution in [3.05, 3.63) is 33.9 Å². The molecule has 3 rings (SSSR count). The fourth-order valence-electron chi connectivity index (χ4n) is 2.50. The smallest absolute Gasteiger partial charge is 0.407 e. The number of fused-ring (bicyclic) bond motifs is 1. The average Bonchev–Trinajstić information content (AvgIpc) is 2.84. The fraction of sp³-hybridized carbons (Fsp3) is 0.364. The molecule has 1 aromatic carbocycles. The van der Waals surface area contributed by atoms with Crippen molar-refractivity contribution in [1.82, 2.24) is 5.32 Å². The zero-order valence-corrected chi connectivity index (χ0v) is 10.0. The highest BCUT2D eigenvalue weighted by atomic mass is 19.1. The van der Waals surface area contributed by atoms with Gasteiger partial charge in [0.1, 0.15) is 11.8 Å². The summed E-state index contributed by atoms with van der Waals surface area (Å²) in [5.41, 5.74) is -0.990. The van der Waals surface area contributed by atoms with E-state index in [1.54, 1.807) is 0 Å². The van der Waals surface area contributed by atoms with Gasteiger partial charge in [-0.05, 0) is 0 Å². The first kappa shape index (κ1) is 12.6. The lowest BCUT2D eigenvalue weighted by Gasteiger charge is -2.20. The number of non-ortho nitro benzene ring substituents is 1. The number of rotatable bonds is 2. The van der Waals surface area contributed by atoms with Crippen molar-refractivity contribution >= 4 is 17.5 Å². The van der Waals surface area contributed by atoms with Gasteiger partial charge >= 0.3 is 6.09 Å². The number of hydrogen-bond acceptors (Lipinski definition) is 5. The molecular formula is C11H9F2N3O4. The minimum absolute atomic E-state index is 0.134. The monoisotopic (exact) mass is 285 g/mol. The molecule has 1 aromatic rings. The third-order valence-electron chi connectivity index (χ3n) is 3.36. The molecule has 1 amide bonds. The van der Waals surface area contributed by atoms with E-state index >= 15 is 0 Å². The van der Waals surface area contributed by atoms with Crippen molar-refractivity contribution in [2.75, 3.05) is 18.0 Å². The van der Waals surface area contributed by atoms with E-state index < -0.39 is 34.4 Å². The Bertz CT molecular complexity index is 570. The minimum Gasteiger partial charge on any atom is -0.442 e. The number of benzene rings is 1. The average molecular weight is 285 g/mol. The van der Waals surface area contributed by atoms with Gasteiger partial charge in [0, 0.05) is 6.54 Å². The molecule has 7 nitrogen and oxygen atoms in total. The summed E-state index contributed by atoms with van der Waals surface area (Å²) in [6.45, 7) is 0.317. The van der Waals surface area contributed by atoms with Crippen molar-refractivity contribution in [1.29, 1.82) is 0 Å². The Morgan fingerprint density at radius 3 is 2.55 bits per heavy atom. The number of nitrogens with one attached hydrogen (secondary N) is 1. The van der Waals surface area contributed by atoms with Crippen LogP contribution in [-0.4, -0.2) is 36.3 Å². The lowest BCUT2D eigenvalue weighted by Crippen LogP contribution is -2.33. The standard InChI is InChI=1S/C11H9F2N3O4/c12-6-1-5(16(18)19)2-7(13)10(6)15-3-8-9(4-15)20-11(17)14-8/h1-2,8-9H,3-4H2,(H,14,17). The summed E-state index contributed by atoms with van der Waals surface area (Å²) >= 11 is 0. The largest absolute Gasteiger partial charge is 0.442 e. The Balaban J connectivity index is 1.89. The van der Waals surface area contributed by atoms with Crippen molar-refractivity contribution in [3.63, 3.8) is 0 Å². The number of ether oxygens (including phenoxy) is 1. The number of alkyl carbamates (subject to hydrolysis) is 1. The van der Waals surface area contributed by atoms with E-state index in [0.717, 1.165) is 0 Å². The predicted molar refractivity (Wildman–Crippen MR) is 62.4 cm³/mol. The number of anilines is 1. The summed E-state index contributed by atoms with van der Waals surface area (Å²) in [6.07, 6.45) is -1.03. The van der Waals surface area contributed by atoms with Gasteiger partial charge in [0.25, 0.3) is 5.69 Å². The van der Waals surface area contributed by atoms with Crippen LogP contribution in [0, 0.1) is 21.7 Å². The molecule has 0 aromatic heterocycles. The number of carbonyl (C=O) groups excluding carboxylic acids is 1. The molecule has 2 unspecified atom stereocenters. The van der Waals surface area contributed by atoms with Crippen LogP contribution < -0.4 is 10.2 Å². The minimum atomic E-state index is -1.01. The van der Waals surface area contributed by atoms with Crippen LogP contribution in [0.3, 0.4) is 0 Å². The van der Waals surface area contributed by atoms with Gasteiger partial charge in [-0.25, -0.2) is 13.6 Å². The molecule has 106 valence electrons. The number of nitrogens with zero attached hydrogens (tertiary/aromatic N) is 2. The maximum Gasteiger partial charge on any atom is 0.407 e. The van der Waals surface area contributed by atoms with Crippen molar-refractivity contribution < 1.29 is 23.2 Å². The number of amides is 1. The second kappa shape index (κ2) is 4.29. The van der Waals surface area contributed by atoms with Crippen LogP contribution in [-0.2, 0) is 4.74 Å². The molecule has 0 spiro atoms. The first-order chi connectivity index (χ1) is 9.45. The quantitative estimate of drug-likeness (QED) is 0.651. The summed E-state index contributed by atoms with van der Waals surface area (Å²) in [5, 5.41) is 13.1. The Morgan fingerprint density at radius 2 is 2.00 bits per heavy atom. The molecule has 1 N–H and O–H groups in total. The van der Waals surface area contributed by atoms with Crippen LogP contribution in [0.2, 0.25) is 0 Å². The molecule has 2 aliphatic rings. The third kappa shape index (κ3) is 1.91. The number of nitro benzene ring substituents is 1. The molecule has 2 saturated heterocycles. The SMILES string of the molecule is O=C1NC2CN(c3c(F)cc([N+](=O)[O-])cc3F)CC2O1. The van der Waals surface area contributed by atoms with Gasteiger partial charge in [-0.15, -0.1) is 0 Å². The van der Waals surface area contributed by atoms with Crippen LogP contribution in [0.25, 0.3) is 0 Å². The summed E-state index contributed by atoms with van der Waals surface area (Å²) in [5.74, 6) is -2.02. The molecule has 0 bridgehead atoms. The van der Waals surface area contributed by atoms with Gasteiger partial charge in [-0.3, -0.25) is 10.1 Å². The van der Waals surface area contributed by atoms with Crippen LogP contribution in [0.1, 0.15) is 0 Å². The van der Waals surface area contributed by atoms with Gasteiger partial charge in [0.2, 0.25) is 0 Å². The molecule has 0 radical (unpaired) electrons. The molecule has 2 heterocycles. The second-order valence-electron chi connectivity index (χ2n) is 4.61. The van der Waals surface area contributed by atoms with E-state index in [9.17, 15) is 23.7 Å². The highest BCUT2D eigenvalue weighted by Crippen LogP contribution is 2.32. The van der Waals surface area contributed by atoms with E-state index in [1.165, 1.54) is 4.90 Å². The fourth-order valence-corrected chi connectivity index (χ4v) is 2.50. The Labute approximate surface area is 111 Å². The van der Waals surface area contributed by atoms with Crippen molar-refractivity contribution in [2.24, 2.45) is 0 Å². The highest BCUT2D eigenvalue weighted by molar-refractivity contribution is 5.71. The number of halogens is 2. The van der Waals surface area contributed by atoms with E-state index in [0.29, 0.717) is 12.1 Å². The second-order valence-corrected chi connectivity index (χ2v) is 4.61. The molecule has 9 heteroatoms. The topological polar surface area (TPSA) is 84.7 Å². The number of carbonyl (C=O) groups is 1. The van der Waals surface area contributed by atoms with Crippen molar-refractivity contribution in [2.45, 2.75) is 12.1 Å². The zero-order chi connectivity index (χ0) is 14.4. The summed E-state index contributed by atoms with van der Waals surface area (Å²) in [7, 11) is 0. The maximum absolute atomic E-state index is 13.9. The van der Waals surface area contributed by atoms with E-state index in [-0.39, 0.29) is 24.8 Å². The Morgan fingerprint density at radius 1 is 1.35 bits per heavy atom. The van der Waals surface area contributed by atoms with Crippen LogP contribution in [0.4, 0.5) is 25.0 Å². The maximum atomic E-state index is 13.9. The van der Waals surface area contributed by atoms with Crippen LogP contribution in [0.5, 0.6) is 0 Å². The first-order valence-electron chi connectivity index (χ1n) is 5.81. The molecule has 2 fully saturated rings. The molecule has 0 saturated carbocycles. The van der Waals surface area contributed by atoms with Gasteiger partial charge in [-0.1, -0.05) is 0 Å². The first-order valence-corrected chi connectivity index (χ1v) is 5.81. The zero-order valence-electron chi connectivity index (χ0n) is 10.0. The molecular weight excluding hydrogens is 276 g/mol. The van der Waals surface area contributed by atoms with Gasteiger partial charge in [0.05, 0.1) is 29.6 Å². The van der Waals surface area contributed by atoms with Crippen LogP contribution in [0.15, 0.2) is 12.1 Å². The van der Waals surface area contributed by atoms with Gasteiger partial charge in [0.15, 0.2) is 11.6 Å². The van der Waals surface area contributed by atoms with Gasteiger partial charge in [-0.2, -0.15) is 0 Å². The van der Waals surface area contributed by atoms with Gasteiger partial charge < -0.3 is 15.0 Å². The normalized spacial score (nSPS) is 24.3. The molecule has 0 aliphatic carbocycles. The highest BCUT2D eigenvalue weighted by Gasteiger charge is 2.43. The summed E-state index contributed by atoms with van der Waals surface area (Å²) in [4.78, 5) is 22.0. The lowest BCUT2D eigenvalue weighted by atomic mass is 10.2. The Hall–Kier alpha value is -2.45. The third-order valence-corrected chi connectivity index (χ3v) is 3.36. The van der Waals surface area contributed by atoms with E-state index in [4.69, 9.17) is 4.74 Å². The molecule has 20 heavy (non-hydrogen) atoms. The molecule has 2 aliphatic heterocycles. The Kier molecular flexibility index (Phi) is 2.70. The van der Waals surface area contributed by atoms with Crippen molar-refractivity contribution in [3.8, 4) is 0 Å². The van der Waals surface area contributed by atoms with E-state index in [2.05, 4.69) is 5.32 Å². The van der Waals surface area contributed by atoms with Crippen LogP contribution >= 0.6 is 0 Å². The summed E-state index contributed by atoms with van der Waals surface area (Å²) < 4.78 is 32.7. The summed E-state index contributed by atoms with van der Waals surface area (Å²) in [6, 6.07) is 1.01. The lowest BCUT2D eigenvalue weighted by molar-refractivity contribution is -0.385. The molecule has 2 atom stereocenters. The number of nitro groups is 1. The predicted octanol–water partition coefficient (Wildman–Crippen LogP) is 1.17. The number of hydrogen-bond donors (Lipinski definition) is 1. The van der Waals surface area contributed by atoms with E-state index in [1.807, 2.05) is 0 Å².